The lowest BCUT2D eigenvalue weighted by molar-refractivity contribution is -0.138. The molecule has 0 radical (unpaired) electrons. The maximum Gasteiger partial charge on any atom is 0.320 e. The van der Waals surface area contributed by atoms with Crippen molar-refractivity contribution < 1.29 is 9.90 Å². The third-order valence-corrected chi connectivity index (χ3v) is 2.51. The Morgan fingerprint density at radius 3 is 2.88 bits per heavy atom. The highest BCUT2D eigenvalue weighted by Gasteiger charge is 2.10. The van der Waals surface area contributed by atoms with Crippen molar-refractivity contribution >= 4 is 23.3 Å². The molecule has 0 heterocycles. The van der Waals surface area contributed by atoms with Gasteiger partial charge in [-0.2, -0.15) is 0 Å². The summed E-state index contributed by atoms with van der Waals surface area (Å²) in [6.07, 6.45) is 0.386. The molecule has 88 valence electrons. The number of carboxylic acid groups (broad SMARTS) is 1. The quantitative estimate of drug-likeness (QED) is 0.737. The molecule has 0 spiro atoms. The highest BCUT2D eigenvalue weighted by Crippen LogP contribution is 2.19. The molecule has 4 N–H and O–H groups in total. The van der Waals surface area contributed by atoms with E-state index in [1.54, 1.807) is 6.07 Å². The third kappa shape index (κ3) is 3.72. The highest BCUT2D eigenvalue weighted by atomic mass is 35.5. The number of anilines is 1. The summed E-state index contributed by atoms with van der Waals surface area (Å²) < 4.78 is 0. The predicted molar refractivity (Wildman–Crippen MR) is 64.9 cm³/mol. The second-order valence-electron chi connectivity index (χ2n) is 3.62. The molecule has 0 saturated heterocycles. The van der Waals surface area contributed by atoms with Crippen LogP contribution in [0.5, 0.6) is 0 Å². The van der Waals surface area contributed by atoms with Crippen LogP contribution in [0.25, 0.3) is 0 Å². The first-order valence-corrected chi connectivity index (χ1v) is 5.37. The molecule has 16 heavy (non-hydrogen) atoms. The molecule has 0 aliphatic carbocycles. The number of aryl methyl sites for hydroxylation is 1. The first-order chi connectivity index (χ1) is 7.50. The van der Waals surface area contributed by atoms with Crippen LogP contribution >= 0.6 is 11.6 Å². The van der Waals surface area contributed by atoms with Crippen molar-refractivity contribution in [3.63, 3.8) is 0 Å². The van der Waals surface area contributed by atoms with Crippen LogP contribution in [0.4, 0.5) is 5.69 Å². The molecule has 1 atom stereocenters. The fourth-order valence-corrected chi connectivity index (χ4v) is 1.54. The Balaban J connectivity index is 2.46. The van der Waals surface area contributed by atoms with Gasteiger partial charge in [0, 0.05) is 17.3 Å². The molecule has 1 rings (SSSR count). The molecule has 0 amide bonds. The van der Waals surface area contributed by atoms with E-state index in [4.69, 9.17) is 22.4 Å². The van der Waals surface area contributed by atoms with Gasteiger partial charge < -0.3 is 16.2 Å². The second kappa shape index (κ2) is 5.72. The van der Waals surface area contributed by atoms with E-state index in [0.717, 1.165) is 11.3 Å². The summed E-state index contributed by atoms with van der Waals surface area (Å²) in [4.78, 5) is 10.5. The lowest BCUT2D eigenvalue weighted by Crippen LogP contribution is -2.32. The van der Waals surface area contributed by atoms with E-state index in [9.17, 15) is 4.79 Å². The first-order valence-electron chi connectivity index (χ1n) is 4.99. The van der Waals surface area contributed by atoms with E-state index in [1.165, 1.54) is 0 Å². The van der Waals surface area contributed by atoms with E-state index in [2.05, 4.69) is 5.32 Å². The summed E-state index contributed by atoms with van der Waals surface area (Å²) >= 11 is 5.82. The Morgan fingerprint density at radius 2 is 2.31 bits per heavy atom. The minimum absolute atomic E-state index is 0.386. The number of benzene rings is 1. The van der Waals surface area contributed by atoms with Gasteiger partial charge in [0.05, 0.1) is 0 Å². The van der Waals surface area contributed by atoms with Crippen molar-refractivity contribution in [1.29, 1.82) is 0 Å². The van der Waals surface area contributed by atoms with Crippen LogP contribution < -0.4 is 11.1 Å². The smallest absolute Gasteiger partial charge is 0.320 e. The maximum absolute atomic E-state index is 10.5. The SMILES string of the molecule is Cc1cc(Cl)ccc1NCCC(N)C(=O)O. The standard InChI is InChI=1S/C11H15ClN2O2/c1-7-6-8(12)2-3-10(7)14-5-4-9(13)11(15)16/h2-3,6,9,14H,4-5,13H2,1H3,(H,15,16). The lowest BCUT2D eigenvalue weighted by atomic mass is 10.2. The zero-order valence-corrected chi connectivity index (χ0v) is 9.79. The topological polar surface area (TPSA) is 75.3 Å². The first kappa shape index (κ1) is 12.8. The van der Waals surface area contributed by atoms with Gasteiger partial charge in [0.1, 0.15) is 6.04 Å². The summed E-state index contributed by atoms with van der Waals surface area (Å²) in [5.74, 6) is -0.977. The molecule has 0 saturated carbocycles. The van der Waals surface area contributed by atoms with Crippen LogP contribution in [-0.4, -0.2) is 23.7 Å². The van der Waals surface area contributed by atoms with E-state index in [1.807, 2.05) is 19.1 Å². The molecule has 0 aliphatic heterocycles. The molecule has 0 aromatic heterocycles. The number of halogens is 1. The average molecular weight is 243 g/mol. The molecule has 0 fully saturated rings. The van der Waals surface area contributed by atoms with E-state index in [-0.39, 0.29) is 0 Å². The molecule has 0 aliphatic rings. The summed E-state index contributed by atoms with van der Waals surface area (Å²) in [6, 6.07) is 4.68. The van der Waals surface area contributed by atoms with Gasteiger partial charge in [-0.05, 0) is 37.1 Å². The Kier molecular flexibility index (Phi) is 4.58. The summed E-state index contributed by atoms with van der Waals surface area (Å²) in [7, 11) is 0. The minimum Gasteiger partial charge on any atom is -0.480 e. The summed E-state index contributed by atoms with van der Waals surface area (Å²) in [6.45, 7) is 2.46. The number of aliphatic carboxylic acids is 1. The van der Waals surface area contributed by atoms with Gasteiger partial charge in [0.2, 0.25) is 0 Å². The summed E-state index contributed by atoms with van der Waals surface area (Å²) in [5, 5.41) is 12.4. The molecule has 4 nitrogen and oxygen atoms in total. The Bertz CT molecular complexity index is 382. The fraction of sp³-hybridized carbons (Fsp3) is 0.364. The zero-order chi connectivity index (χ0) is 12.1. The Labute approximate surface area is 99.4 Å². The van der Waals surface area contributed by atoms with Crippen molar-refractivity contribution in [2.75, 3.05) is 11.9 Å². The number of nitrogens with one attached hydrogen (secondary N) is 1. The third-order valence-electron chi connectivity index (χ3n) is 2.28. The van der Waals surface area contributed by atoms with E-state index in [0.29, 0.717) is 18.0 Å². The Hall–Kier alpha value is -1.26. The van der Waals surface area contributed by atoms with Gasteiger partial charge in [-0.1, -0.05) is 11.6 Å². The highest BCUT2D eigenvalue weighted by molar-refractivity contribution is 6.30. The van der Waals surface area contributed by atoms with Crippen molar-refractivity contribution in [3.05, 3.63) is 28.8 Å². The number of nitrogens with two attached hydrogens (primary N) is 1. The summed E-state index contributed by atoms with van der Waals surface area (Å²) in [5.41, 5.74) is 7.35. The molecular weight excluding hydrogens is 228 g/mol. The van der Waals surface area contributed by atoms with Gasteiger partial charge in [-0.25, -0.2) is 0 Å². The number of hydrogen-bond acceptors (Lipinski definition) is 3. The molecule has 0 bridgehead atoms. The van der Waals surface area contributed by atoms with Crippen LogP contribution in [0.2, 0.25) is 5.02 Å². The van der Waals surface area contributed by atoms with Crippen LogP contribution in [0.3, 0.4) is 0 Å². The molecular formula is C11H15ClN2O2. The van der Waals surface area contributed by atoms with Gasteiger partial charge in [0.15, 0.2) is 0 Å². The number of carbonyl (C=O) groups is 1. The zero-order valence-electron chi connectivity index (χ0n) is 9.03. The molecule has 5 heteroatoms. The maximum atomic E-state index is 10.5. The molecule has 1 unspecified atom stereocenters. The molecule has 1 aromatic rings. The van der Waals surface area contributed by atoms with Crippen LogP contribution in [0.15, 0.2) is 18.2 Å². The van der Waals surface area contributed by atoms with Gasteiger partial charge in [-0.15, -0.1) is 0 Å². The largest absolute Gasteiger partial charge is 0.480 e. The molecule has 1 aromatic carbocycles. The monoisotopic (exact) mass is 242 g/mol. The van der Waals surface area contributed by atoms with Crippen molar-refractivity contribution in [1.82, 2.24) is 0 Å². The second-order valence-corrected chi connectivity index (χ2v) is 4.06. The van der Waals surface area contributed by atoms with Gasteiger partial charge in [0.25, 0.3) is 0 Å². The number of carboxylic acids is 1. The number of rotatable bonds is 5. The van der Waals surface area contributed by atoms with Crippen LogP contribution in [-0.2, 0) is 4.79 Å². The van der Waals surface area contributed by atoms with E-state index >= 15 is 0 Å². The lowest BCUT2D eigenvalue weighted by Gasteiger charge is -2.11. The van der Waals surface area contributed by atoms with Crippen LogP contribution in [0, 0.1) is 6.92 Å². The predicted octanol–water partition coefficient (Wildman–Crippen LogP) is 1.86. The van der Waals surface area contributed by atoms with Crippen molar-refractivity contribution in [2.24, 2.45) is 5.73 Å². The fourth-order valence-electron chi connectivity index (χ4n) is 1.31. The van der Waals surface area contributed by atoms with E-state index < -0.39 is 12.0 Å². The number of hydrogen-bond donors (Lipinski definition) is 3. The average Bonchev–Trinajstić information content (AvgIpc) is 2.20. The minimum atomic E-state index is -0.977. The normalized spacial score (nSPS) is 12.2. The Morgan fingerprint density at radius 1 is 1.62 bits per heavy atom. The van der Waals surface area contributed by atoms with Crippen molar-refractivity contribution in [3.8, 4) is 0 Å². The van der Waals surface area contributed by atoms with Crippen LogP contribution in [0.1, 0.15) is 12.0 Å². The van der Waals surface area contributed by atoms with Gasteiger partial charge >= 0.3 is 5.97 Å². The van der Waals surface area contributed by atoms with Gasteiger partial charge in [-0.3, -0.25) is 4.79 Å². The van der Waals surface area contributed by atoms with Crippen molar-refractivity contribution in [2.45, 2.75) is 19.4 Å².